The molecule has 1 unspecified atom stereocenters. The van der Waals surface area contributed by atoms with E-state index in [1.54, 1.807) is 0 Å². The van der Waals surface area contributed by atoms with Gasteiger partial charge in [0, 0.05) is 5.54 Å². The fourth-order valence-corrected chi connectivity index (χ4v) is 3.03. The molecular formula is C10H14N2O2. The zero-order valence-corrected chi connectivity index (χ0v) is 8.07. The Hall–Kier alpha value is -1.08. The number of aliphatic carboxylic acids is 1. The number of carboxylic acid groups (broad SMARTS) is 1. The van der Waals surface area contributed by atoms with Gasteiger partial charge in [0.15, 0.2) is 5.92 Å². The van der Waals surface area contributed by atoms with Gasteiger partial charge in [-0.15, -0.1) is 0 Å². The standard InChI is InChI=1S/C10H14N2O2/c11-7-8(9(13)14)10-3-1-5-12(10)6-2-4-10/h8H,1-6H2,(H,13,14). The third-order valence-electron chi connectivity index (χ3n) is 3.62. The summed E-state index contributed by atoms with van der Waals surface area (Å²) < 4.78 is 0. The van der Waals surface area contributed by atoms with Crippen LogP contribution in [0.1, 0.15) is 25.7 Å². The van der Waals surface area contributed by atoms with Crippen molar-refractivity contribution in [3.63, 3.8) is 0 Å². The summed E-state index contributed by atoms with van der Waals surface area (Å²) in [6.07, 6.45) is 3.81. The molecule has 2 aliphatic rings. The molecule has 4 nitrogen and oxygen atoms in total. The molecule has 0 aromatic heterocycles. The molecule has 0 spiro atoms. The lowest BCUT2D eigenvalue weighted by Crippen LogP contribution is -2.47. The van der Waals surface area contributed by atoms with E-state index in [1.165, 1.54) is 0 Å². The number of carbonyl (C=O) groups is 1. The maximum Gasteiger partial charge on any atom is 0.322 e. The molecule has 1 N–H and O–H groups in total. The summed E-state index contributed by atoms with van der Waals surface area (Å²) in [6.45, 7) is 1.93. The van der Waals surface area contributed by atoms with Crippen LogP contribution in [0.5, 0.6) is 0 Å². The Balaban J connectivity index is 2.29. The molecule has 0 radical (unpaired) electrons. The fourth-order valence-electron chi connectivity index (χ4n) is 3.03. The van der Waals surface area contributed by atoms with Gasteiger partial charge in [-0.2, -0.15) is 5.26 Å². The van der Waals surface area contributed by atoms with Crippen LogP contribution < -0.4 is 0 Å². The van der Waals surface area contributed by atoms with Crippen molar-refractivity contribution in [2.24, 2.45) is 5.92 Å². The number of rotatable bonds is 2. The first-order valence-corrected chi connectivity index (χ1v) is 5.08. The Morgan fingerprint density at radius 3 is 2.43 bits per heavy atom. The summed E-state index contributed by atoms with van der Waals surface area (Å²) in [5.41, 5.74) is -0.333. The molecule has 4 heteroatoms. The highest BCUT2D eigenvalue weighted by Crippen LogP contribution is 2.44. The summed E-state index contributed by atoms with van der Waals surface area (Å²) in [6, 6.07) is 1.96. The lowest BCUT2D eigenvalue weighted by molar-refractivity contribution is -0.143. The highest BCUT2D eigenvalue weighted by Gasteiger charge is 2.52. The highest BCUT2D eigenvalue weighted by atomic mass is 16.4. The lowest BCUT2D eigenvalue weighted by atomic mass is 9.81. The Morgan fingerprint density at radius 2 is 2.00 bits per heavy atom. The summed E-state index contributed by atoms with van der Waals surface area (Å²) in [5.74, 6) is -1.80. The summed E-state index contributed by atoms with van der Waals surface area (Å²) >= 11 is 0. The molecule has 2 heterocycles. The Bertz CT molecular complexity index is 285. The molecule has 0 amide bonds. The molecule has 14 heavy (non-hydrogen) atoms. The average Bonchev–Trinajstić information content (AvgIpc) is 2.62. The fraction of sp³-hybridized carbons (Fsp3) is 0.800. The van der Waals surface area contributed by atoms with Crippen LogP contribution in [-0.2, 0) is 4.79 Å². The van der Waals surface area contributed by atoms with Crippen molar-refractivity contribution in [3.05, 3.63) is 0 Å². The van der Waals surface area contributed by atoms with Gasteiger partial charge in [0.1, 0.15) is 0 Å². The summed E-state index contributed by atoms with van der Waals surface area (Å²) in [4.78, 5) is 13.2. The van der Waals surface area contributed by atoms with Gasteiger partial charge >= 0.3 is 5.97 Å². The first-order valence-electron chi connectivity index (χ1n) is 5.08. The summed E-state index contributed by atoms with van der Waals surface area (Å²) in [5, 5.41) is 18.0. The molecule has 1 atom stereocenters. The molecule has 0 aromatic carbocycles. The molecule has 0 bridgehead atoms. The number of fused-ring (bicyclic) bond motifs is 1. The number of nitrogens with zero attached hydrogens (tertiary/aromatic N) is 2. The Morgan fingerprint density at radius 1 is 1.43 bits per heavy atom. The van der Waals surface area contributed by atoms with E-state index in [4.69, 9.17) is 10.4 Å². The molecule has 2 rings (SSSR count). The maximum absolute atomic E-state index is 11.0. The van der Waals surface area contributed by atoms with Crippen molar-refractivity contribution in [1.29, 1.82) is 5.26 Å². The van der Waals surface area contributed by atoms with Crippen LogP contribution in [0.15, 0.2) is 0 Å². The van der Waals surface area contributed by atoms with Crippen molar-refractivity contribution < 1.29 is 9.90 Å². The van der Waals surface area contributed by atoms with Gasteiger partial charge in [0.2, 0.25) is 0 Å². The monoisotopic (exact) mass is 194 g/mol. The predicted octanol–water partition coefficient (Wildman–Crippen LogP) is 0.839. The Labute approximate surface area is 83.1 Å². The van der Waals surface area contributed by atoms with Gasteiger partial charge in [0.25, 0.3) is 0 Å². The molecule has 2 saturated heterocycles. The van der Waals surface area contributed by atoms with Crippen LogP contribution in [0.2, 0.25) is 0 Å². The quantitative estimate of drug-likeness (QED) is 0.707. The second kappa shape index (κ2) is 3.25. The van der Waals surface area contributed by atoms with Crippen molar-refractivity contribution in [2.45, 2.75) is 31.2 Å². The van der Waals surface area contributed by atoms with E-state index in [2.05, 4.69) is 4.90 Å². The number of carboxylic acids is 1. The number of nitriles is 1. The molecule has 0 aliphatic carbocycles. The topological polar surface area (TPSA) is 64.3 Å². The molecule has 76 valence electrons. The Kier molecular flexibility index (Phi) is 2.20. The van der Waals surface area contributed by atoms with Crippen molar-refractivity contribution >= 4 is 5.97 Å². The van der Waals surface area contributed by atoms with Gasteiger partial charge in [-0.25, -0.2) is 0 Å². The van der Waals surface area contributed by atoms with Crippen LogP contribution in [0.25, 0.3) is 0 Å². The minimum absolute atomic E-state index is 0.333. The predicted molar refractivity (Wildman–Crippen MR) is 49.5 cm³/mol. The first kappa shape index (κ1) is 9.47. The van der Waals surface area contributed by atoms with E-state index in [0.717, 1.165) is 38.8 Å². The van der Waals surface area contributed by atoms with Gasteiger partial charge in [-0.3, -0.25) is 9.69 Å². The number of hydrogen-bond acceptors (Lipinski definition) is 3. The summed E-state index contributed by atoms with van der Waals surface area (Å²) in [7, 11) is 0. The van der Waals surface area contributed by atoms with Crippen LogP contribution >= 0.6 is 0 Å². The van der Waals surface area contributed by atoms with Crippen molar-refractivity contribution in [3.8, 4) is 6.07 Å². The van der Waals surface area contributed by atoms with E-state index < -0.39 is 11.9 Å². The molecule has 0 saturated carbocycles. The van der Waals surface area contributed by atoms with E-state index in [9.17, 15) is 4.79 Å². The molecular weight excluding hydrogens is 180 g/mol. The minimum Gasteiger partial charge on any atom is -0.480 e. The minimum atomic E-state index is -0.957. The first-order chi connectivity index (χ1) is 6.70. The molecule has 0 aromatic rings. The largest absolute Gasteiger partial charge is 0.480 e. The zero-order chi connectivity index (χ0) is 10.2. The normalized spacial score (nSPS) is 26.8. The van der Waals surface area contributed by atoms with Crippen LogP contribution in [0, 0.1) is 17.2 Å². The maximum atomic E-state index is 11.0. The van der Waals surface area contributed by atoms with E-state index >= 15 is 0 Å². The van der Waals surface area contributed by atoms with Gasteiger partial charge in [0.05, 0.1) is 6.07 Å². The zero-order valence-electron chi connectivity index (χ0n) is 8.07. The second-order valence-electron chi connectivity index (χ2n) is 4.20. The van der Waals surface area contributed by atoms with Crippen LogP contribution in [-0.4, -0.2) is 34.6 Å². The van der Waals surface area contributed by atoms with Crippen molar-refractivity contribution in [2.75, 3.05) is 13.1 Å². The lowest BCUT2D eigenvalue weighted by Gasteiger charge is -2.33. The third-order valence-corrected chi connectivity index (χ3v) is 3.62. The van der Waals surface area contributed by atoms with Gasteiger partial charge < -0.3 is 5.11 Å². The van der Waals surface area contributed by atoms with Crippen LogP contribution in [0.4, 0.5) is 0 Å². The van der Waals surface area contributed by atoms with E-state index in [-0.39, 0.29) is 5.54 Å². The van der Waals surface area contributed by atoms with E-state index in [0.29, 0.717) is 0 Å². The highest BCUT2D eigenvalue weighted by molar-refractivity contribution is 5.75. The third kappa shape index (κ3) is 1.12. The van der Waals surface area contributed by atoms with Gasteiger partial charge in [-0.05, 0) is 38.8 Å². The van der Waals surface area contributed by atoms with Crippen molar-refractivity contribution in [1.82, 2.24) is 4.90 Å². The second-order valence-corrected chi connectivity index (χ2v) is 4.20. The van der Waals surface area contributed by atoms with Crippen LogP contribution in [0.3, 0.4) is 0 Å². The average molecular weight is 194 g/mol. The molecule has 2 aliphatic heterocycles. The van der Waals surface area contributed by atoms with E-state index in [1.807, 2.05) is 6.07 Å². The smallest absolute Gasteiger partial charge is 0.322 e. The number of hydrogen-bond donors (Lipinski definition) is 1. The SMILES string of the molecule is N#CC(C(=O)O)C12CCCN1CCC2. The molecule has 2 fully saturated rings. The van der Waals surface area contributed by atoms with Gasteiger partial charge in [-0.1, -0.05) is 0 Å².